The molecule has 15 heteroatoms. The van der Waals surface area contributed by atoms with Gasteiger partial charge in [-0.2, -0.15) is 0 Å². The summed E-state index contributed by atoms with van der Waals surface area (Å²) >= 11 is 0. The Morgan fingerprint density at radius 1 is 0.694 bits per heavy atom. The van der Waals surface area contributed by atoms with Crippen LogP contribution in [0.1, 0.15) is 32.6 Å². The lowest BCUT2D eigenvalue weighted by molar-refractivity contribution is -0.138. The number of amides is 7. The Bertz CT molecular complexity index is 844. The van der Waals surface area contributed by atoms with Gasteiger partial charge in [0.15, 0.2) is 0 Å². The van der Waals surface area contributed by atoms with Crippen LogP contribution in [0.4, 0.5) is 0 Å². The number of imide groups is 1. The van der Waals surface area contributed by atoms with Gasteiger partial charge < -0.3 is 31.7 Å². The average Bonchev–Trinajstić information content (AvgIpc) is 2.84. The molecule has 0 aromatic heterocycles. The van der Waals surface area contributed by atoms with Crippen LogP contribution in [0, 0.1) is 0 Å². The summed E-state index contributed by atoms with van der Waals surface area (Å²) in [6.45, 7) is 0.194. The smallest absolute Gasteiger partial charge is 0.322 e. The van der Waals surface area contributed by atoms with Crippen molar-refractivity contribution in [2.45, 2.75) is 32.6 Å². The SMILES string of the molecule is C/C=C\C(=O)N(C=O)CCCC(=O)NCC(=O)NCCCC(=O)NCC(=O)NCC(=O)NCC(=O)O. The molecule has 0 radical (unpaired) electrons. The van der Waals surface area contributed by atoms with Crippen molar-refractivity contribution < 1.29 is 43.5 Å². The van der Waals surface area contributed by atoms with Gasteiger partial charge >= 0.3 is 5.97 Å². The Balaban J connectivity index is 3.88. The topological polar surface area (TPSA) is 220 Å². The minimum atomic E-state index is -1.22. The Hall–Kier alpha value is -4.30. The fraction of sp³-hybridized carbons (Fsp3) is 0.524. The molecular weight excluding hydrogens is 480 g/mol. The molecule has 7 amide bonds. The molecule has 0 spiro atoms. The van der Waals surface area contributed by atoms with Gasteiger partial charge in [0.1, 0.15) is 6.54 Å². The lowest BCUT2D eigenvalue weighted by Gasteiger charge is -2.13. The lowest BCUT2D eigenvalue weighted by Crippen LogP contribution is -2.43. The van der Waals surface area contributed by atoms with Crippen molar-refractivity contribution in [1.82, 2.24) is 31.5 Å². The molecule has 0 aliphatic heterocycles. The van der Waals surface area contributed by atoms with Gasteiger partial charge in [0, 0.05) is 25.9 Å². The fourth-order valence-electron chi connectivity index (χ4n) is 2.41. The van der Waals surface area contributed by atoms with Crippen molar-refractivity contribution in [3.05, 3.63) is 12.2 Å². The number of carboxylic acid groups (broad SMARTS) is 1. The van der Waals surface area contributed by atoms with Gasteiger partial charge in [0.2, 0.25) is 35.9 Å². The van der Waals surface area contributed by atoms with E-state index in [1.54, 1.807) is 6.92 Å². The van der Waals surface area contributed by atoms with Gasteiger partial charge in [-0.15, -0.1) is 0 Å². The van der Waals surface area contributed by atoms with Crippen LogP contribution in [-0.2, 0) is 38.4 Å². The van der Waals surface area contributed by atoms with Crippen LogP contribution < -0.4 is 26.6 Å². The van der Waals surface area contributed by atoms with E-state index in [0.717, 1.165) is 4.90 Å². The minimum absolute atomic E-state index is 0.0121. The zero-order chi connectivity index (χ0) is 27.3. The number of nitrogens with one attached hydrogen (secondary N) is 5. The van der Waals surface area contributed by atoms with Gasteiger partial charge in [-0.3, -0.25) is 43.3 Å². The predicted molar refractivity (Wildman–Crippen MR) is 124 cm³/mol. The van der Waals surface area contributed by atoms with Crippen molar-refractivity contribution in [2.75, 3.05) is 39.3 Å². The first kappa shape index (κ1) is 31.7. The highest BCUT2D eigenvalue weighted by molar-refractivity contribution is 5.94. The lowest BCUT2D eigenvalue weighted by atomic mass is 10.2. The average molecular weight is 513 g/mol. The van der Waals surface area contributed by atoms with E-state index in [2.05, 4.69) is 26.6 Å². The molecule has 15 nitrogen and oxygen atoms in total. The quantitative estimate of drug-likeness (QED) is 0.0616. The van der Waals surface area contributed by atoms with E-state index >= 15 is 0 Å². The first-order valence-electron chi connectivity index (χ1n) is 11.0. The zero-order valence-electron chi connectivity index (χ0n) is 20.0. The molecule has 0 fully saturated rings. The number of carboxylic acids is 1. The summed E-state index contributed by atoms with van der Waals surface area (Å²) in [4.78, 5) is 91.8. The first-order chi connectivity index (χ1) is 17.1. The first-order valence-corrected chi connectivity index (χ1v) is 11.0. The molecule has 0 unspecified atom stereocenters. The van der Waals surface area contributed by atoms with Crippen LogP contribution in [0.3, 0.4) is 0 Å². The van der Waals surface area contributed by atoms with Crippen molar-refractivity contribution >= 4 is 47.8 Å². The zero-order valence-corrected chi connectivity index (χ0v) is 20.0. The van der Waals surface area contributed by atoms with Gasteiger partial charge in [0.25, 0.3) is 5.91 Å². The molecule has 0 aromatic rings. The largest absolute Gasteiger partial charge is 0.480 e. The number of aliphatic carboxylic acids is 1. The molecule has 0 aliphatic carbocycles. The molecule has 0 saturated carbocycles. The highest BCUT2D eigenvalue weighted by Crippen LogP contribution is 1.95. The van der Waals surface area contributed by atoms with Crippen molar-refractivity contribution in [1.29, 1.82) is 0 Å². The van der Waals surface area contributed by atoms with Crippen LogP contribution >= 0.6 is 0 Å². The van der Waals surface area contributed by atoms with E-state index in [-0.39, 0.29) is 51.9 Å². The maximum absolute atomic E-state index is 11.8. The molecule has 36 heavy (non-hydrogen) atoms. The third kappa shape index (κ3) is 17.2. The number of nitrogens with zero attached hydrogens (tertiary/aromatic N) is 1. The molecule has 0 rings (SSSR count). The van der Waals surface area contributed by atoms with E-state index in [0.29, 0.717) is 6.41 Å². The van der Waals surface area contributed by atoms with Crippen molar-refractivity contribution in [3.8, 4) is 0 Å². The second-order valence-corrected chi connectivity index (χ2v) is 7.19. The Kier molecular flexibility index (Phi) is 16.8. The number of hydrogen-bond acceptors (Lipinski definition) is 8. The summed E-state index contributed by atoms with van der Waals surface area (Å²) in [6, 6.07) is 0. The summed E-state index contributed by atoms with van der Waals surface area (Å²) in [7, 11) is 0. The van der Waals surface area contributed by atoms with Crippen LogP contribution in [-0.4, -0.2) is 97.1 Å². The van der Waals surface area contributed by atoms with Crippen LogP contribution in [0.15, 0.2) is 12.2 Å². The minimum Gasteiger partial charge on any atom is -0.480 e. The summed E-state index contributed by atoms with van der Waals surface area (Å²) in [6.07, 6.45) is 3.65. The molecule has 200 valence electrons. The third-order valence-corrected chi connectivity index (χ3v) is 4.20. The summed E-state index contributed by atoms with van der Waals surface area (Å²) in [5.74, 6) is -4.39. The van der Waals surface area contributed by atoms with Crippen LogP contribution in [0.2, 0.25) is 0 Å². The monoisotopic (exact) mass is 512 g/mol. The molecule has 6 N–H and O–H groups in total. The highest BCUT2D eigenvalue weighted by atomic mass is 16.4. The standard InChI is InChI=1S/C21H32N6O9/c1-2-5-20(34)27(14-28)9-4-7-16(30)23-10-17(31)22-8-3-6-15(29)24-11-18(32)25-12-19(33)26-13-21(35)36/h2,5,14H,3-4,6-13H2,1H3,(H,22,31)(H,23,30)(H,24,29)(H,25,32)(H,26,33)(H,35,36)/b5-2-. The van der Waals surface area contributed by atoms with Gasteiger partial charge in [-0.05, 0) is 25.8 Å². The van der Waals surface area contributed by atoms with Gasteiger partial charge in [-0.25, -0.2) is 0 Å². The van der Waals surface area contributed by atoms with Crippen molar-refractivity contribution in [2.24, 2.45) is 0 Å². The molecule has 0 saturated heterocycles. The van der Waals surface area contributed by atoms with Gasteiger partial charge in [-0.1, -0.05) is 6.08 Å². The molecule has 0 atom stereocenters. The van der Waals surface area contributed by atoms with E-state index < -0.39 is 54.5 Å². The highest BCUT2D eigenvalue weighted by Gasteiger charge is 2.11. The summed E-state index contributed by atoms with van der Waals surface area (Å²) < 4.78 is 0. The molecule has 0 aliphatic rings. The number of hydrogen-bond donors (Lipinski definition) is 6. The van der Waals surface area contributed by atoms with Crippen LogP contribution in [0.25, 0.3) is 0 Å². The molecule has 0 heterocycles. The maximum Gasteiger partial charge on any atom is 0.322 e. The fourth-order valence-corrected chi connectivity index (χ4v) is 2.41. The van der Waals surface area contributed by atoms with E-state index in [4.69, 9.17) is 5.11 Å². The normalized spacial score (nSPS) is 10.1. The molecular formula is C21H32N6O9. The summed E-state index contributed by atoms with van der Waals surface area (Å²) in [5.41, 5.74) is 0. The number of carbonyl (C=O) groups excluding carboxylic acids is 7. The van der Waals surface area contributed by atoms with E-state index in [1.165, 1.54) is 12.2 Å². The number of carbonyl (C=O) groups is 8. The maximum atomic E-state index is 11.8. The molecule has 0 aromatic carbocycles. The Morgan fingerprint density at radius 3 is 1.67 bits per heavy atom. The predicted octanol–water partition coefficient (Wildman–Crippen LogP) is -3.23. The van der Waals surface area contributed by atoms with Gasteiger partial charge in [0.05, 0.1) is 19.6 Å². The Labute approximate surface area is 207 Å². The Morgan fingerprint density at radius 2 is 1.17 bits per heavy atom. The van der Waals surface area contributed by atoms with E-state index in [1.807, 2.05) is 0 Å². The third-order valence-electron chi connectivity index (χ3n) is 4.20. The number of allylic oxidation sites excluding steroid dienone is 1. The number of rotatable bonds is 18. The molecule has 0 bridgehead atoms. The van der Waals surface area contributed by atoms with Crippen molar-refractivity contribution in [3.63, 3.8) is 0 Å². The van der Waals surface area contributed by atoms with E-state index in [9.17, 15) is 38.4 Å². The second-order valence-electron chi connectivity index (χ2n) is 7.19. The van der Waals surface area contributed by atoms with Crippen LogP contribution in [0.5, 0.6) is 0 Å². The summed E-state index contributed by atoms with van der Waals surface area (Å²) in [5, 5.41) is 19.9. The second kappa shape index (κ2) is 19.1.